The lowest BCUT2D eigenvalue weighted by atomic mass is 10.0. The molecule has 0 amide bonds. The Bertz CT molecular complexity index is 339. The standard InChI is InChI=1S/C10H14BrN3O/c1-10(2)3-7(6-15-10)14-9-5-12-8(11)4-13-9/h4-5,7H,3,6H2,1-2H3,(H,13,14). The van der Waals surface area contributed by atoms with E-state index in [1.165, 1.54) is 0 Å². The molecule has 1 aromatic heterocycles. The molecular weight excluding hydrogens is 258 g/mol. The Morgan fingerprint density at radius 2 is 2.27 bits per heavy atom. The second kappa shape index (κ2) is 4.06. The molecule has 1 fully saturated rings. The van der Waals surface area contributed by atoms with Crippen LogP contribution in [0.25, 0.3) is 0 Å². The number of anilines is 1. The van der Waals surface area contributed by atoms with E-state index in [1.54, 1.807) is 12.4 Å². The third-order valence-electron chi connectivity index (χ3n) is 2.39. The maximum absolute atomic E-state index is 5.63. The number of nitrogens with zero attached hydrogens (tertiary/aromatic N) is 2. The minimum Gasteiger partial charge on any atom is -0.373 e. The number of hydrogen-bond acceptors (Lipinski definition) is 4. The second-order valence-electron chi connectivity index (χ2n) is 4.34. The van der Waals surface area contributed by atoms with E-state index in [4.69, 9.17) is 4.74 Å². The SMILES string of the molecule is CC1(C)CC(Nc2cnc(Br)cn2)CO1. The van der Waals surface area contributed by atoms with Gasteiger partial charge in [-0.2, -0.15) is 0 Å². The summed E-state index contributed by atoms with van der Waals surface area (Å²) in [4.78, 5) is 8.32. The van der Waals surface area contributed by atoms with Gasteiger partial charge in [0.2, 0.25) is 0 Å². The Hall–Kier alpha value is -0.680. The quantitative estimate of drug-likeness (QED) is 0.896. The predicted molar refractivity (Wildman–Crippen MR) is 61.8 cm³/mol. The smallest absolute Gasteiger partial charge is 0.144 e. The molecule has 15 heavy (non-hydrogen) atoms. The number of hydrogen-bond donors (Lipinski definition) is 1. The van der Waals surface area contributed by atoms with Crippen LogP contribution in [0, 0.1) is 0 Å². The van der Waals surface area contributed by atoms with Gasteiger partial charge in [-0.25, -0.2) is 9.97 Å². The van der Waals surface area contributed by atoms with Crippen molar-refractivity contribution in [3.05, 3.63) is 17.0 Å². The summed E-state index contributed by atoms with van der Waals surface area (Å²) in [6.07, 6.45) is 4.39. The molecule has 4 nitrogen and oxygen atoms in total. The molecule has 5 heteroatoms. The fraction of sp³-hybridized carbons (Fsp3) is 0.600. The maximum Gasteiger partial charge on any atom is 0.144 e. The minimum atomic E-state index is -0.0273. The zero-order valence-electron chi connectivity index (χ0n) is 8.83. The van der Waals surface area contributed by atoms with Gasteiger partial charge in [0.15, 0.2) is 0 Å². The van der Waals surface area contributed by atoms with Crippen LogP contribution >= 0.6 is 15.9 Å². The molecule has 1 N–H and O–H groups in total. The molecule has 1 aliphatic heterocycles. The Balaban J connectivity index is 1.96. The number of aromatic nitrogens is 2. The molecule has 1 unspecified atom stereocenters. The molecule has 0 spiro atoms. The molecular formula is C10H14BrN3O. The zero-order chi connectivity index (χ0) is 10.9. The highest BCUT2D eigenvalue weighted by atomic mass is 79.9. The van der Waals surface area contributed by atoms with Crippen LogP contribution in [0.4, 0.5) is 5.82 Å². The van der Waals surface area contributed by atoms with Gasteiger partial charge in [-0.15, -0.1) is 0 Å². The van der Waals surface area contributed by atoms with Crippen LogP contribution in [0.2, 0.25) is 0 Å². The van der Waals surface area contributed by atoms with Crippen molar-refractivity contribution in [3.63, 3.8) is 0 Å². The molecule has 0 saturated carbocycles. The summed E-state index contributed by atoms with van der Waals surface area (Å²) in [6.45, 7) is 4.93. The normalized spacial score (nSPS) is 24.1. The Labute approximate surface area is 97.6 Å². The summed E-state index contributed by atoms with van der Waals surface area (Å²) in [5.41, 5.74) is -0.0273. The van der Waals surface area contributed by atoms with Crippen LogP contribution in [0.5, 0.6) is 0 Å². The molecule has 1 saturated heterocycles. The van der Waals surface area contributed by atoms with Crippen molar-refractivity contribution in [3.8, 4) is 0 Å². The molecule has 0 aliphatic carbocycles. The van der Waals surface area contributed by atoms with Crippen molar-refractivity contribution in [2.75, 3.05) is 11.9 Å². The number of nitrogens with one attached hydrogen (secondary N) is 1. The summed E-state index contributed by atoms with van der Waals surface area (Å²) >= 11 is 3.25. The molecule has 2 heterocycles. The first-order chi connectivity index (χ1) is 7.05. The van der Waals surface area contributed by atoms with Crippen LogP contribution in [-0.2, 0) is 4.74 Å². The van der Waals surface area contributed by atoms with Crippen molar-refractivity contribution < 1.29 is 4.74 Å². The van der Waals surface area contributed by atoms with Gasteiger partial charge in [-0.1, -0.05) is 0 Å². The van der Waals surface area contributed by atoms with Gasteiger partial charge in [0.1, 0.15) is 10.4 Å². The van der Waals surface area contributed by atoms with E-state index >= 15 is 0 Å². The highest BCUT2D eigenvalue weighted by Gasteiger charge is 2.31. The van der Waals surface area contributed by atoms with Crippen LogP contribution in [0.1, 0.15) is 20.3 Å². The van der Waals surface area contributed by atoms with Gasteiger partial charge < -0.3 is 10.1 Å². The maximum atomic E-state index is 5.63. The number of ether oxygens (including phenoxy) is 1. The molecule has 82 valence electrons. The summed E-state index contributed by atoms with van der Waals surface area (Å²) < 4.78 is 6.38. The molecule has 1 atom stereocenters. The first kappa shape index (κ1) is 10.8. The molecule has 2 rings (SSSR count). The number of halogens is 1. The van der Waals surface area contributed by atoms with Crippen molar-refractivity contribution in [1.82, 2.24) is 9.97 Å². The monoisotopic (exact) mass is 271 g/mol. The van der Waals surface area contributed by atoms with Crippen molar-refractivity contribution in [2.24, 2.45) is 0 Å². The van der Waals surface area contributed by atoms with E-state index in [-0.39, 0.29) is 5.60 Å². The lowest BCUT2D eigenvalue weighted by molar-refractivity contribution is 0.0363. The van der Waals surface area contributed by atoms with E-state index < -0.39 is 0 Å². The second-order valence-corrected chi connectivity index (χ2v) is 5.15. The molecule has 0 bridgehead atoms. The average Bonchev–Trinajstić information content (AvgIpc) is 2.50. The third kappa shape index (κ3) is 2.89. The first-order valence-corrected chi connectivity index (χ1v) is 5.72. The highest BCUT2D eigenvalue weighted by molar-refractivity contribution is 9.10. The van der Waals surface area contributed by atoms with Crippen molar-refractivity contribution in [1.29, 1.82) is 0 Å². The highest BCUT2D eigenvalue weighted by Crippen LogP contribution is 2.26. The van der Waals surface area contributed by atoms with Gasteiger partial charge in [0, 0.05) is 0 Å². The third-order valence-corrected chi connectivity index (χ3v) is 2.80. The lowest BCUT2D eigenvalue weighted by Gasteiger charge is -2.16. The molecule has 0 radical (unpaired) electrons. The lowest BCUT2D eigenvalue weighted by Crippen LogP contribution is -2.22. The summed E-state index contributed by atoms with van der Waals surface area (Å²) in [7, 11) is 0. The van der Waals surface area contributed by atoms with Crippen molar-refractivity contribution >= 4 is 21.7 Å². The van der Waals surface area contributed by atoms with Gasteiger partial charge in [-0.05, 0) is 36.2 Å². The van der Waals surface area contributed by atoms with E-state index in [0.717, 1.165) is 23.4 Å². The van der Waals surface area contributed by atoms with Crippen molar-refractivity contribution in [2.45, 2.75) is 31.9 Å². The molecule has 1 aliphatic rings. The zero-order valence-corrected chi connectivity index (χ0v) is 10.4. The average molecular weight is 272 g/mol. The van der Waals surface area contributed by atoms with Gasteiger partial charge in [-0.3, -0.25) is 0 Å². The summed E-state index contributed by atoms with van der Waals surface area (Å²) in [5, 5.41) is 3.30. The predicted octanol–water partition coefficient (Wildman–Crippen LogP) is 2.22. The fourth-order valence-electron chi connectivity index (χ4n) is 1.73. The van der Waals surface area contributed by atoms with Crippen LogP contribution in [-0.4, -0.2) is 28.2 Å². The van der Waals surface area contributed by atoms with E-state index in [1.807, 2.05) is 0 Å². The molecule has 1 aromatic rings. The van der Waals surface area contributed by atoms with Gasteiger partial charge in [0.25, 0.3) is 0 Å². The Morgan fingerprint density at radius 3 is 2.80 bits per heavy atom. The van der Waals surface area contributed by atoms with E-state index in [9.17, 15) is 0 Å². The van der Waals surface area contributed by atoms with E-state index in [0.29, 0.717) is 6.04 Å². The topological polar surface area (TPSA) is 47.0 Å². The Kier molecular flexibility index (Phi) is 2.93. The summed E-state index contributed by atoms with van der Waals surface area (Å²) in [5.74, 6) is 0.796. The Morgan fingerprint density at radius 1 is 1.47 bits per heavy atom. The van der Waals surface area contributed by atoms with Gasteiger partial charge >= 0.3 is 0 Å². The fourth-order valence-corrected chi connectivity index (χ4v) is 1.93. The van der Waals surface area contributed by atoms with Gasteiger partial charge in [0.05, 0.1) is 30.6 Å². The largest absolute Gasteiger partial charge is 0.373 e. The molecule has 0 aromatic carbocycles. The summed E-state index contributed by atoms with van der Waals surface area (Å²) in [6, 6.07) is 0.329. The first-order valence-electron chi connectivity index (χ1n) is 4.93. The van der Waals surface area contributed by atoms with E-state index in [2.05, 4.69) is 45.1 Å². The van der Waals surface area contributed by atoms with Crippen LogP contribution < -0.4 is 5.32 Å². The van der Waals surface area contributed by atoms with Crippen LogP contribution in [0.3, 0.4) is 0 Å². The van der Waals surface area contributed by atoms with Crippen LogP contribution in [0.15, 0.2) is 17.0 Å². The number of rotatable bonds is 2. The minimum absolute atomic E-state index is 0.0273.